The van der Waals surface area contributed by atoms with Crippen molar-refractivity contribution < 1.29 is 36.2 Å². The fraction of sp³-hybridized carbons (Fsp3) is 0.571. The lowest BCUT2D eigenvalue weighted by atomic mass is 9.84. The molecule has 0 saturated carbocycles. The fourth-order valence-electron chi connectivity index (χ4n) is 5.44. The molecule has 42 heavy (non-hydrogen) atoms. The van der Waals surface area contributed by atoms with Gasteiger partial charge in [0.2, 0.25) is 15.9 Å². The number of halogens is 3. The van der Waals surface area contributed by atoms with Crippen LogP contribution in [-0.2, 0) is 30.7 Å². The number of carbonyl (C=O) groups is 1. The molecule has 1 aromatic carbocycles. The molecule has 0 radical (unpaired) electrons. The highest BCUT2D eigenvalue weighted by Crippen LogP contribution is 2.39. The van der Waals surface area contributed by atoms with Crippen LogP contribution in [0.5, 0.6) is 0 Å². The summed E-state index contributed by atoms with van der Waals surface area (Å²) >= 11 is 5.37. The zero-order chi connectivity index (χ0) is 30.9. The van der Waals surface area contributed by atoms with Crippen LogP contribution < -0.4 is 5.32 Å². The van der Waals surface area contributed by atoms with Crippen LogP contribution in [0.2, 0.25) is 0 Å². The zero-order valence-corrected chi connectivity index (χ0v) is 25.5. The Morgan fingerprint density at radius 3 is 2.55 bits per heavy atom. The van der Waals surface area contributed by atoms with Gasteiger partial charge in [0.05, 0.1) is 23.7 Å². The Hall–Kier alpha value is -2.20. The van der Waals surface area contributed by atoms with E-state index in [0.29, 0.717) is 43.5 Å². The molecule has 2 aliphatic heterocycles. The van der Waals surface area contributed by atoms with E-state index in [1.165, 1.54) is 39.5 Å². The van der Waals surface area contributed by atoms with Crippen molar-refractivity contribution in [2.75, 3.05) is 60.0 Å². The number of carbonyl (C=O) groups excluding carboxylic acids is 1. The quantitative estimate of drug-likeness (QED) is 0.422. The van der Waals surface area contributed by atoms with Gasteiger partial charge in [0.1, 0.15) is 0 Å². The minimum Gasteiger partial charge on any atom is -0.378 e. The molecule has 0 spiro atoms. The molecule has 1 aliphatic carbocycles. The van der Waals surface area contributed by atoms with Crippen molar-refractivity contribution in [3.8, 4) is 0 Å². The number of ether oxygens (including phenoxy) is 1. The molecule has 3 aliphatic rings. The number of alkyl halides is 3. The van der Waals surface area contributed by atoms with E-state index in [4.69, 9.17) is 17.0 Å². The minimum atomic E-state index is -4.89. The second kappa shape index (κ2) is 12.4. The SMILES string of the molecule is CN(C)C(=O)CC1COCCN1C[C@@]1(c2ccc(C(C)(O)C(F)(F)F)cc2)CN(S(=O)(=O)C2=CC=CCC2=S)CCN1. The number of nitrogens with one attached hydrogen (secondary N) is 1. The summed E-state index contributed by atoms with van der Waals surface area (Å²) in [7, 11) is -0.646. The van der Waals surface area contributed by atoms with E-state index in [2.05, 4.69) is 10.2 Å². The highest BCUT2D eigenvalue weighted by Gasteiger charge is 2.51. The molecule has 4 rings (SSSR count). The predicted molar refractivity (Wildman–Crippen MR) is 156 cm³/mol. The second-order valence-corrected chi connectivity index (χ2v) is 13.7. The largest absolute Gasteiger partial charge is 0.421 e. The first-order chi connectivity index (χ1) is 19.6. The summed E-state index contributed by atoms with van der Waals surface area (Å²) in [6, 6.07) is 5.13. The molecule has 232 valence electrons. The summed E-state index contributed by atoms with van der Waals surface area (Å²) in [5.74, 6) is -0.0881. The molecule has 2 fully saturated rings. The van der Waals surface area contributed by atoms with Gasteiger partial charge in [0, 0.05) is 70.6 Å². The molecule has 0 bridgehead atoms. The molecule has 2 unspecified atom stereocenters. The van der Waals surface area contributed by atoms with E-state index in [9.17, 15) is 31.5 Å². The highest BCUT2D eigenvalue weighted by molar-refractivity contribution is 7.96. The number of morpholine rings is 1. The molecule has 9 nitrogen and oxygen atoms in total. The zero-order valence-electron chi connectivity index (χ0n) is 23.9. The third kappa shape index (κ3) is 6.64. The summed E-state index contributed by atoms with van der Waals surface area (Å²) in [6.45, 7) is 2.54. The van der Waals surface area contributed by atoms with Gasteiger partial charge in [-0.05, 0) is 24.1 Å². The first-order valence-corrected chi connectivity index (χ1v) is 15.5. The van der Waals surface area contributed by atoms with Gasteiger partial charge in [-0.3, -0.25) is 9.69 Å². The average molecular weight is 631 g/mol. The van der Waals surface area contributed by atoms with Gasteiger partial charge in [0.15, 0.2) is 5.60 Å². The molecule has 14 heteroatoms. The molecule has 2 N–H and O–H groups in total. The van der Waals surface area contributed by atoms with Crippen molar-refractivity contribution in [3.63, 3.8) is 0 Å². The van der Waals surface area contributed by atoms with Crippen LogP contribution in [0.4, 0.5) is 13.2 Å². The maximum atomic E-state index is 13.8. The average Bonchev–Trinajstić information content (AvgIpc) is 2.93. The Labute approximate surface area is 250 Å². The van der Waals surface area contributed by atoms with Crippen LogP contribution in [0.3, 0.4) is 0 Å². The molecule has 1 amide bonds. The Balaban J connectivity index is 1.74. The third-order valence-corrected chi connectivity index (χ3v) is 10.6. The molecule has 0 aromatic heterocycles. The number of allylic oxidation sites excluding steroid dienone is 4. The summed E-state index contributed by atoms with van der Waals surface area (Å²) in [4.78, 5) is 16.5. The van der Waals surface area contributed by atoms with Crippen molar-refractivity contribution in [2.45, 2.75) is 43.1 Å². The minimum absolute atomic E-state index is 0.0281. The summed E-state index contributed by atoms with van der Waals surface area (Å²) < 4.78 is 75.3. The molecular weight excluding hydrogens is 593 g/mol. The predicted octanol–water partition coefficient (Wildman–Crippen LogP) is 2.28. The van der Waals surface area contributed by atoms with Gasteiger partial charge < -0.3 is 20.1 Å². The van der Waals surface area contributed by atoms with Gasteiger partial charge in [-0.1, -0.05) is 48.6 Å². The Bertz CT molecular complexity index is 1350. The van der Waals surface area contributed by atoms with Crippen LogP contribution in [0.15, 0.2) is 47.4 Å². The van der Waals surface area contributed by atoms with Crippen LogP contribution >= 0.6 is 12.2 Å². The van der Waals surface area contributed by atoms with E-state index in [-0.39, 0.29) is 55.0 Å². The molecule has 1 aromatic rings. The topological polar surface area (TPSA) is 102 Å². The van der Waals surface area contributed by atoms with Gasteiger partial charge in [-0.15, -0.1) is 0 Å². The number of amides is 1. The number of rotatable bonds is 8. The van der Waals surface area contributed by atoms with Gasteiger partial charge in [0.25, 0.3) is 0 Å². The van der Waals surface area contributed by atoms with E-state index < -0.39 is 27.3 Å². The first-order valence-electron chi connectivity index (χ1n) is 13.7. The molecular formula is C28H37F3N4O5S2. The maximum Gasteiger partial charge on any atom is 0.421 e. The summed E-state index contributed by atoms with van der Waals surface area (Å²) in [6.07, 6.45) is 0.571. The highest BCUT2D eigenvalue weighted by atomic mass is 32.2. The maximum absolute atomic E-state index is 13.8. The monoisotopic (exact) mass is 630 g/mol. The normalized spacial score (nSPS) is 26.0. The van der Waals surface area contributed by atoms with Crippen LogP contribution in [0.1, 0.15) is 30.9 Å². The smallest absolute Gasteiger partial charge is 0.378 e. The van der Waals surface area contributed by atoms with Crippen LogP contribution in [-0.4, -0.2) is 111 Å². The van der Waals surface area contributed by atoms with Gasteiger partial charge >= 0.3 is 6.18 Å². The fourth-order valence-corrected chi connectivity index (χ4v) is 7.54. The molecule has 2 heterocycles. The lowest BCUT2D eigenvalue weighted by molar-refractivity contribution is -0.258. The molecule has 3 atom stereocenters. The van der Waals surface area contributed by atoms with E-state index in [1.807, 2.05) is 0 Å². The Kier molecular flexibility index (Phi) is 9.68. The number of hydrogen-bond acceptors (Lipinski definition) is 8. The number of sulfonamides is 1. The lowest BCUT2D eigenvalue weighted by Crippen LogP contribution is -2.65. The molecule has 2 saturated heterocycles. The van der Waals surface area contributed by atoms with Crippen molar-refractivity contribution in [1.29, 1.82) is 0 Å². The van der Waals surface area contributed by atoms with Crippen molar-refractivity contribution in [3.05, 3.63) is 58.5 Å². The third-order valence-electron chi connectivity index (χ3n) is 8.13. The summed E-state index contributed by atoms with van der Waals surface area (Å²) in [5, 5.41) is 13.7. The second-order valence-electron chi connectivity index (χ2n) is 11.3. The van der Waals surface area contributed by atoms with Crippen molar-refractivity contribution >= 4 is 33.0 Å². The number of nitrogens with zero attached hydrogens (tertiary/aromatic N) is 3. The number of benzene rings is 1. The van der Waals surface area contributed by atoms with Crippen LogP contribution in [0.25, 0.3) is 0 Å². The number of hydrogen-bond donors (Lipinski definition) is 2. The Morgan fingerprint density at radius 1 is 1.24 bits per heavy atom. The van der Waals surface area contributed by atoms with Crippen LogP contribution in [0, 0.1) is 0 Å². The van der Waals surface area contributed by atoms with E-state index in [1.54, 1.807) is 26.2 Å². The van der Waals surface area contributed by atoms with Gasteiger partial charge in [-0.2, -0.15) is 17.5 Å². The van der Waals surface area contributed by atoms with E-state index >= 15 is 0 Å². The van der Waals surface area contributed by atoms with Crippen molar-refractivity contribution in [2.24, 2.45) is 0 Å². The first kappa shape index (κ1) is 32.7. The summed E-state index contributed by atoms with van der Waals surface area (Å²) in [5.41, 5.74) is -3.91. The van der Waals surface area contributed by atoms with Crippen molar-refractivity contribution in [1.82, 2.24) is 19.4 Å². The lowest BCUT2D eigenvalue weighted by Gasteiger charge is -2.48. The standard InChI is InChI=1S/C28H37F3N4O5S2/c1-26(37,28(29,30)31)20-8-10-21(11-9-20)27(18-34-14-15-40-17-22(34)16-25(36)33(2)3)19-35(13-12-32-27)42(38,39)24-7-5-4-6-23(24)41/h4-5,7-11,22,32,37H,6,12-19H2,1-3H3/t22?,26?,27-/m0/s1. The van der Waals surface area contributed by atoms with E-state index in [0.717, 1.165) is 0 Å². The Morgan fingerprint density at radius 2 is 1.93 bits per heavy atom. The number of piperazine rings is 1. The number of aliphatic hydroxyl groups is 1. The van der Waals surface area contributed by atoms with Gasteiger partial charge in [-0.25, -0.2) is 8.42 Å². The number of thiocarbonyl (C=S) groups is 1.